The Morgan fingerprint density at radius 3 is 2.53 bits per heavy atom. The number of benzene rings is 1. The van der Waals surface area contributed by atoms with Crippen LogP contribution in [0.2, 0.25) is 0 Å². The monoisotopic (exact) mass is 306 g/mol. The highest BCUT2D eigenvalue weighted by atomic mass is 35.7. The van der Waals surface area contributed by atoms with Crippen molar-refractivity contribution in [1.29, 1.82) is 0 Å². The smallest absolute Gasteiger partial charge is 0.220 e. The van der Waals surface area contributed by atoms with Crippen LogP contribution in [0.3, 0.4) is 0 Å². The molecule has 0 saturated heterocycles. The van der Waals surface area contributed by atoms with Crippen molar-refractivity contribution in [1.82, 2.24) is 9.78 Å². The van der Waals surface area contributed by atoms with Crippen LogP contribution in [0.4, 0.5) is 8.78 Å². The van der Waals surface area contributed by atoms with Crippen molar-refractivity contribution in [3.8, 4) is 5.69 Å². The molecule has 102 valence electrons. The molecule has 0 unspecified atom stereocenters. The van der Waals surface area contributed by atoms with Gasteiger partial charge in [0.15, 0.2) is 5.03 Å². The fourth-order valence-corrected chi connectivity index (χ4v) is 2.55. The first-order valence-electron chi connectivity index (χ1n) is 5.19. The molecule has 0 atom stereocenters. The van der Waals surface area contributed by atoms with Gasteiger partial charge in [0.05, 0.1) is 5.69 Å². The normalized spacial score (nSPS) is 12.1. The lowest BCUT2D eigenvalue weighted by Crippen LogP contribution is -2.05. The Balaban J connectivity index is 2.68. The van der Waals surface area contributed by atoms with Gasteiger partial charge in [0, 0.05) is 16.7 Å². The lowest BCUT2D eigenvalue weighted by atomic mass is 10.2. The Morgan fingerprint density at radius 1 is 1.32 bits per heavy atom. The summed E-state index contributed by atoms with van der Waals surface area (Å²) >= 11 is 0. The Labute approximate surface area is 113 Å². The van der Waals surface area contributed by atoms with Crippen molar-refractivity contribution in [2.75, 3.05) is 0 Å². The number of hydrogen-bond donors (Lipinski definition) is 0. The van der Waals surface area contributed by atoms with E-state index >= 15 is 0 Å². The second kappa shape index (κ2) is 4.90. The average molecular weight is 307 g/mol. The van der Waals surface area contributed by atoms with Gasteiger partial charge in [-0.2, -0.15) is 5.10 Å². The number of alkyl halides is 2. The summed E-state index contributed by atoms with van der Waals surface area (Å²) in [4.78, 5) is 0. The van der Waals surface area contributed by atoms with Gasteiger partial charge in [-0.3, -0.25) is 0 Å². The zero-order valence-corrected chi connectivity index (χ0v) is 11.3. The number of halogens is 3. The van der Waals surface area contributed by atoms with E-state index in [-0.39, 0.29) is 0 Å². The van der Waals surface area contributed by atoms with Gasteiger partial charge in [-0.1, -0.05) is 12.1 Å². The van der Waals surface area contributed by atoms with Crippen molar-refractivity contribution in [2.24, 2.45) is 0 Å². The van der Waals surface area contributed by atoms with Crippen molar-refractivity contribution < 1.29 is 17.2 Å². The summed E-state index contributed by atoms with van der Waals surface area (Å²) in [6, 6.07) is 7.40. The summed E-state index contributed by atoms with van der Waals surface area (Å²) < 4.78 is 49.0. The van der Waals surface area contributed by atoms with E-state index in [2.05, 4.69) is 5.10 Å². The summed E-state index contributed by atoms with van der Waals surface area (Å²) in [6.45, 7) is 1.79. The van der Waals surface area contributed by atoms with Crippen LogP contribution in [-0.4, -0.2) is 18.2 Å². The maximum absolute atomic E-state index is 12.6. The molecule has 0 bridgehead atoms. The van der Waals surface area contributed by atoms with E-state index in [4.69, 9.17) is 10.7 Å². The Bertz CT molecular complexity index is 713. The average Bonchev–Trinajstić information content (AvgIpc) is 2.73. The second-order valence-electron chi connectivity index (χ2n) is 3.90. The molecule has 0 fully saturated rings. The fraction of sp³-hybridized carbons (Fsp3) is 0.182. The summed E-state index contributed by atoms with van der Waals surface area (Å²) in [5, 5.41) is 3.11. The van der Waals surface area contributed by atoms with Crippen molar-refractivity contribution >= 4 is 19.7 Å². The Morgan fingerprint density at radius 2 is 2.00 bits per heavy atom. The minimum absolute atomic E-state index is 0.353. The van der Waals surface area contributed by atoms with Gasteiger partial charge in [0.25, 0.3) is 15.5 Å². The first kappa shape index (κ1) is 14.0. The van der Waals surface area contributed by atoms with Gasteiger partial charge in [-0.25, -0.2) is 21.9 Å². The zero-order chi connectivity index (χ0) is 14.2. The van der Waals surface area contributed by atoms with Gasteiger partial charge in [-0.15, -0.1) is 0 Å². The lowest BCUT2D eigenvalue weighted by molar-refractivity contribution is 0.145. The highest BCUT2D eigenvalue weighted by Gasteiger charge is 2.23. The number of hydrogen-bond acceptors (Lipinski definition) is 3. The molecule has 0 N–H and O–H groups in total. The van der Waals surface area contributed by atoms with Crippen molar-refractivity contribution in [2.45, 2.75) is 18.4 Å². The first-order chi connectivity index (χ1) is 8.79. The van der Waals surface area contributed by atoms with Crippen molar-refractivity contribution in [3.63, 3.8) is 0 Å². The second-order valence-corrected chi connectivity index (χ2v) is 6.41. The minimum Gasteiger partial charge on any atom is -0.220 e. The molecular formula is C11H9ClF2N2O2S. The predicted molar refractivity (Wildman–Crippen MR) is 66.3 cm³/mol. The van der Waals surface area contributed by atoms with E-state index < -0.39 is 26.2 Å². The topological polar surface area (TPSA) is 52.0 Å². The quantitative estimate of drug-likeness (QED) is 0.819. The molecule has 2 rings (SSSR count). The molecule has 4 nitrogen and oxygen atoms in total. The third-order valence-corrected chi connectivity index (χ3v) is 3.68. The van der Waals surface area contributed by atoms with Crippen molar-refractivity contribution in [3.05, 3.63) is 41.6 Å². The molecule has 1 aromatic carbocycles. The van der Waals surface area contributed by atoms with E-state index in [0.717, 1.165) is 16.3 Å². The molecule has 0 aliphatic rings. The molecular weight excluding hydrogens is 298 g/mol. The number of rotatable bonds is 3. The van der Waals surface area contributed by atoms with E-state index in [0.29, 0.717) is 5.69 Å². The molecule has 0 spiro atoms. The molecule has 8 heteroatoms. The standard InChI is InChI=1S/C11H9ClF2N2O2S/c1-7-3-2-4-8(5-7)16-10(19(12,17)18)6-9(15-16)11(13)14/h2-6,11H,1H3. The van der Waals surface area contributed by atoms with Crippen LogP contribution in [0.15, 0.2) is 35.4 Å². The van der Waals surface area contributed by atoms with Crippen LogP contribution in [-0.2, 0) is 9.05 Å². The SMILES string of the molecule is Cc1cccc(-n2nc(C(F)F)cc2S(=O)(=O)Cl)c1. The fourth-order valence-electron chi connectivity index (χ4n) is 1.61. The maximum atomic E-state index is 12.6. The van der Waals surface area contributed by atoms with Gasteiger partial charge >= 0.3 is 0 Å². The van der Waals surface area contributed by atoms with Crippen LogP contribution in [0.25, 0.3) is 5.69 Å². The van der Waals surface area contributed by atoms with Gasteiger partial charge in [0.1, 0.15) is 5.69 Å². The third kappa shape index (κ3) is 2.93. The third-order valence-electron chi connectivity index (χ3n) is 2.42. The molecule has 1 heterocycles. The van der Waals surface area contributed by atoms with Crippen LogP contribution < -0.4 is 0 Å². The molecule has 0 saturated carbocycles. The van der Waals surface area contributed by atoms with Crippen LogP contribution in [0, 0.1) is 6.92 Å². The first-order valence-corrected chi connectivity index (χ1v) is 7.50. The van der Waals surface area contributed by atoms with Gasteiger partial charge < -0.3 is 0 Å². The van der Waals surface area contributed by atoms with Crippen LogP contribution >= 0.6 is 10.7 Å². The van der Waals surface area contributed by atoms with Crippen LogP contribution in [0.1, 0.15) is 17.7 Å². The Kier molecular flexibility index (Phi) is 3.60. The van der Waals surface area contributed by atoms with Gasteiger partial charge in [-0.05, 0) is 24.6 Å². The molecule has 0 radical (unpaired) electrons. The van der Waals surface area contributed by atoms with E-state index in [1.165, 1.54) is 0 Å². The number of aromatic nitrogens is 2. The largest absolute Gasteiger partial charge is 0.282 e. The summed E-state index contributed by atoms with van der Waals surface area (Å²) in [5.41, 5.74) is 0.552. The van der Waals surface area contributed by atoms with E-state index in [9.17, 15) is 17.2 Å². The molecule has 0 aliphatic heterocycles. The zero-order valence-electron chi connectivity index (χ0n) is 9.72. The van der Waals surface area contributed by atoms with Crippen LogP contribution in [0.5, 0.6) is 0 Å². The lowest BCUT2D eigenvalue weighted by Gasteiger charge is -2.05. The predicted octanol–water partition coefficient (Wildman–Crippen LogP) is 3.05. The summed E-state index contributed by atoms with van der Waals surface area (Å²) in [5.74, 6) is 0. The molecule has 1 aromatic heterocycles. The Hall–Kier alpha value is -1.47. The van der Waals surface area contributed by atoms with Gasteiger partial charge in [0.2, 0.25) is 0 Å². The number of nitrogens with zero attached hydrogens (tertiary/aromatic N) is 2. The maximum Gasteiger partial charge on any atom is 0.282 e. The molecule has 0 amide bonds. The highest BCUT2D eigenvalue weighted by molar-refractivity contribution is 8.13. The summed E-state index contributed by atoms with van der Waals surface area (Å²) in [6.07, 6.45) is -2.87. The highest BCUT2D eigenvalue weighted by Crippen LogP contribution is 2.26. The molecule has 2 aromatic rings. The minimum atomic E-state index is -4.17. The molecule has 19 heavy (non-hydrogen) atoms. The van der Waals surface area contributed by atoms with E-state index in [1.807, 2.05) is 0 Å². The molecule has 0 aliphatic carbocycles. The number of aryl methyl sites for hydroxylation is 1. The summed E-state index contributed by atoms with van der Waals surface area (Å²) in [7, 11) is 1.07. The van der Waals surface area contributed by atoms with E-state index in [1.54, 1.807) is 31.2 Å².